The van der Waals surface area contributed by atoms with Gasteiger partial charge in [-0.25, -0.2) is 8.42 Å². The van der Waals surface area contributed by atoms with Gasteiger partial charge in [0.05, 0.1) is 6.20 Å². The lowest BCUT2D eigenvalue weighted by Gasteiger charge is -2.18. The molecule has 1 aliphatic carbocycles. The van der Waals surface area contributed by atoms with Crippen LogP contribution in [0.4, 0.5) is 0 Å². The number of rotatable bonds is 7. The fourth-order valence-electron chi connectivity index (χ4n) is 1.96. The van der Waals surface area contributed by atoms with Crippen LogP contribution in [0.1, 0.15) is 26.2 Å². The molecule has 1 heterocycles. The molecule has 0 aromatic carbocycles. The normalized spacial score (nSPS) is 16.4. The first-order valence-corrected chi connectivity index (χ1v) is 7.68. The zero-order valence-electron chi connectivity index (χ0n) is 10.5. The van der Waals surface area contributed by atoms with Crippen LogP contribution < -0.4 is 0 Å². The highest BCUT2D eigenvalue weighted by molar-refractivity contribution is 7.89. The Balaban J connectivity index is 2.15. The van der Waals surface area contributed by atoms with Gasteiger partial charge in [-0.2, -0.15) is 9.40 Å². The van der Waals surface area contributed by atoms with Crippen molar-refractivity contribution in [3.8, 4) is 0 Å². The Bertz CT molecular complexity index is 493. The number of sulfonamides is 1. The number of aromatic nitrogens is 2. The van der Waals surface area contributed by atoms with E-state index in [1.165, 1.54) is 12.4 Å². The molecular formula is C11H19N3O3S. The van der Waals surface area contributed by atoms with Gasteiger partial charge in [-0.3, -0.25) is 4.68 Å². The van der Waals surface area contributed by atoms with Gasteiger partial charge in [-0.05, 0) is 19.3 Å². The highest BCUT2D eigenvalue weighted by atomic mass is 32.2. The van der Waals surface area contributed by atoms with E-state index in [1.54, 1.807) is 8.99 Å². The average molecular weight is 273 g/mol. The molecule has 0 aliphatic heterocycles. The van der Waals surface area contributed by atoms with Gasteiger partial charge in [0.2, 0.25) is 10.0 Å². The summed E-state index contributed by atoms with van der Waals surface area (Å²) in [6.07, 6.45) is 5.40. The lowest BCUT2D eigenvalue weighted by atomic mass is 10.5. The van der Waals surface area contributed by atoms with Crippen molar-refractivity contribution in [1.82, 2.24) is 14.1 Å². The van der Waals surface area contributed by atoms with Gasteiger partial charge >= 0.3 is 0 Å². The van der Waals surface area contributed by atoms with Crippen LogP contribution in [-0.2, 0) is 16.6 Å². The van der Waals surface area contributed by atoms with Gasteiger partial charge in [0, 0.05) is 31.9 Å². The minimum absolute atomic E-state index is 0.0745. The Kier molecular flexibility index (Phi) is 4.04. The summed E-state index contributed by atoms with van der Waals surface area (Å²) in [5, 5.41) is 12.8. The Morgan fingerprint density at radius 3 is 2.83 bits per heavy atom. The van der Waals surface area contributed by atoms with Gasteiger partial charge in [0.1, 0.15) is 4.90 Å². The zero-order chi connectivity index (χ0) is 13.2. The van der Waals surface area contributed by atoms with Crippen molar-refractivity contribution in [2.75, 3.05) is 13.2 Å². The number of hydrogen-bond donors (Lipinski definition) is 1. The van der Waals surface area contributed by atoms with Crippen molar-refractivity contribution in [3.05, 3.63) is 12.4 Å². The summed E-state index contributed by atoms with van der Waals surface area (Å²) in [6, 6.07) is 0.167. The number of aliphatic hydroxyl groups is 1. The van der Waals surface area contributed by atoms with Crippen molar-refractivity contribution in [2.24, 2.45) is 0 Å². The van der Waals surface area contributed by atoms with Crippen LogP contribution in [0.3, 0.4) is 0 Å². The molecule has 1 N–H and O–H groups in total. The quantitative estimate of drug-likeness (QED) is 0.782. The molecule has 0 spiro atoms. The van der Waals surface area contributed by atoms with Crippen LogP contribution >= 0.6 is 0 Å². The standard InChI is InChI=1S/C11H19N3O3S/c1-2-14(10-4-5-10)18(16,17)11-8-12-13(9-11)6-3-7-15/h8-10,15H,2-7H2,1H3. The molecule has 1 aromatic rings. The first-order valence-electron chi connectivity index (χ1n) is 6.24. The minimum atomic E-state index is -3.40. The van der Waals surface area contributed by atoms with Crippen molar-refractivity contribution < 1.29 is 13.5 Å². The fraction of sp³-hybridized carbons (Fsp3) is 0.727. The van der Waals surface area contributed by atoms with Crippen molar-refractivity contribution in [2.45, 2.75) is 43.7 Å². The second-order valence-electron chi connectivity index (χ2n) is 4.46. The van der Waals surface area contributed by atoms with E-state index in [2.05, 4.69) is 5.10 Å². The molecule has 1 aliphatic rings. The van der Waals surface area contributed by atoms with E-state index >= 15 is 0 Å². The maximum absolute atomic E-state index is 12.4. The highest BCUT2D eigenvalue weighted by Crippen LogP contribution is 2.31. The number of aliphatic hydroxyl groups excluding tert-OH is 1. The van der Waals surface area contributed by atoms with Gasteiger partial charge in [0.15, 0.2) is 0 Å². The molecule has 6 nitrogen and oxygen atoms in total. The maximum Gasteiger partial charge on any atom is 0.246 e. The number of aryl methyl sites for hydroxylation is 1. The largest absolute Gasteiger partial charge is 0.396 e. The van der Waals surface area contributed by atoms with Crippen molar-refractivity contribution >= 4 is 10.0 Å². The third-order valence-electron chi connectivity index (χ3n) is 3.03. The molecule has 0 unspecified atom stereocenters. The summed E-state index contributed by atoms with van der Waals surface area (Å²) in [5.41, 5.74) is 0. The third kappa shape index (κ3) is 2.73. The Morgan fingerprint density at radius 1 is 1.56 bits per heavy atom. The van der Waals surface area contributed by atoms with E-state index in [0.29, 0.717) is 19.5 Å². The van der Waals surface area contributed by atoms with E-state index in [4.69, 9.17) is 5.11 Å². The topological polar surface area (TPSA) is 75.4 Å². The monoisotopic (exact) mass is 273 g/mol. The summed E-state index contributed by atoms with van der Waals surface area (Å²) in [5.74, 6) is 0. The Hall–Kier alpha value is -0.920. The molecule has 0 saturated heterocycles. The summed E-state index contributed by atoms with van der Waals surface area (Å²) in [4.78, 5) is 0.245. The molecule has 0 radical (unpaired) electrons. The number of nitrogens with zero attached hydrogens (tertiary/aromatic N) is 3. The van der Waals surface area contributed by atoms with Gasteiger partial charge in [-0.15, -0.1) is 0 Å². The molecule has 1 saturated carbocycles. The SMILES string of the molecule is CCN(C1CC1)S(=O)(=O)c1cnn(CCCO)c1. The van der Waals surface area contributed by atoms with E-state index in [9.17, 15) is 8.42 Å². The van der Waals surface area contributed by atoms with Crippen LogP contribution in [0, 0.1) is 0 Å². The molecule has 2 rings (SSSR count). The minimum Gasteiger partial charge on any atom is -0.396 e. The first kappa shape index (κ1) is 13.5. The lowest BCUT2D eigenvalue weighted by molar-refractivity contribution is 0.277. The van der Waals surface area contributed by atoms with Crippen LogP contribution in [0.25, 0.3) is 0 Å². The molecule has 18 heavy (non-hydrogen) atoms. The summed E-state index contributed by atoms with van der Waals surface area (Å²) in [6.45, 7) is 2.95. The Morgan fingerprint density at radius 2 is 2.28 bits per heavy atom. The van der Waals surface area contributed by atoms with Crippen molar-refractivity contribution in [1.29, 1.82) is 0 Å². The average Bonchev–Trinajstić information content (AvgIpc) is 3.04. The second kappa shape index (κ2) is 5.38. The van der Waals surface area contributed by atoms with Crippen molar-refractivity contribution in [3.63, 3.8) is 0 Å². The smallest absolute Gasteiger partial charge is 0.246 e. The molecule has 0 amide bonds. The molecule has 0 bridgehead atoms. The summed E-state index contributed by atoms with van der Waals surface area (Å²) in [7, 11) is -3.40. The molecule has 102 valence electrons. The lowest BCUT2D eigenvalue weighted by Crippen LogP contribution is -2.32. The molecule has 1 aromatic heterocycles. The van der Waals surface area contributed by atoms with E-state index < -0.39 is 10.0 Å². The van der Waals surface area contributed by atoms with Crippen LogP contribution in [0.2, 0.25) is 0 Å². The second-order valence-corrected chi connectivity index (χ2v) is 6.35. The van der Waals surface area contributed by atoms with E-state index in [0.717, 1.165) is 12.8 Å². The van der Waals surface area contributed by atoms with Crippen LogP contribution in [0.5, 0.6) is 0 Å². The van der Waals surface area contributed by atoms with E-state index in [1.807, 2.05) is 6.92 Å². The predicted molar refractivity (Wildman–Crippen MR) is 66.5 cm³/mol. The van der Waals surface area contributed by atoms with Gasteiger partial charge < -0.3 is 5.11 Å². The molecule has 0 atom stereocenters. The maximum atomic E-state index is 12.4. The molecule has 7 heteroatoms. The summed E-state index contributed by atoms with van der Waals surface area (Å²) < 4.78 is 27.8. The van der Waals surface area contributed by atoms with E-state index in [-0.39, 0.29) is 17.5 Å². The molecular weight excluding hydrogens is 254 g/mol. The molecule has 1 fully saturated rings. The summed E-state index contributed by atoms with van der Waals surface area (Å²) >= 11 is 0. The fourth-order valence-corrected chi connectivity index (χ4v) is 3.60. The number of hydrogen-bond acceptors (Lipinski definition) is 4. The Labute approximate surface area is 107 Å². The van der Waals surface area contributed by atoms with Gasteiger partial charge in [0.25, 0.3) is 0 Å². The van der Waals surface area contributed by atoms with Crippen LogP contribution in [0.15, 0.2) is 17.3 Å². The third-order valence-corrected chi connectivity index (χ3v) is 5.01. The highest BCUT2D eigenvalue weighted by Gasteiger charge is 2.37. The van der Waals surface area contributed by atoms with Crippen LogP contribution in [-0.4, -0.2) is 46.8 Å². The first-order chi connectivity index (χ1) is 8.59. The zero-order valence-corrected chi connectivity index (χ0v) is 11.3. The van der Waals surface area contributed by atoms with Gasteiger partial charge in [-0.1, -0.05) is 6.92 Å². The predicted octanol–water partition coefficient (Wildman–Crippen LogP) is 0.438.